The molecule has 0 aliphatic carbocycles. The predicted molar refractivity (Wildman–Crippen MR) is 149 cm³/mol. The number of anilines is 2. The van der Waals surface area contributed by atoms with Crippen LogP contribution in [0.5, 0.6) is 0 Å². The van der Waals surface area contributed by atoms with Crippen molar-refractivity contribution >= 4 is 58.0 Å². The molecule has 0 aliphatic rings. The number of rotatable bonds is 9. The van der Waals surface area contributed by atoms with Gasteiger partial charge in [0.05, 0.1) is 0 Å². The first-order valence-electron chi connectivity index (χ1n) is 11.6. The summed E-state index contributed by atoms with van der Waals surface area (Å²) in [7, 11) is 0. The highest BCUT2D eigenvalue weighted by Crippen LogP contribution is 2.27. The van der Waals surface area contributed by atoms with Gasteiger partial charge >= 0.3 is 0 Å². The Kier molecular flexibility index (Phi) is 8.69. The van der Waals surface area contributed by atoms with Crippen LogP contribution in [0.4, 0.5) is 11.4 Å². The third-order valence-electron chi connectivity index (χ3n) is 5.80. The lowest BCUT2D eigenvalue weighted by Crippen LogP contribution is -2.45. The highest BCUT2D eigenvalue weighted by atomic mass is 35.5. The quantitative estimate of drug-likeness (QED) is 0.184. The molecule has 0 spiro atoms. The topological polar surface area (TPSA) is 92.3 Å². The van der Waals surface area contributed by atoms with E-state index in [9.17, 15) is 19.2 Å². The molecule has 0 fully saturated rings. The van der Waals surface area contributed by atoms with Gasteiger partial charge in [0.25, 0.3) is 0 Å². The van der Waals surface area contributed by atoms with Gasteiger partial charge in [0, 0.05) is 32.5 Å². The number of hydrogen-bond donors (Lipinski definition) is 2. The van der Waals surface area contributed by atoms with Crippen LogP contribution in [0.3, 0.4) is 0 Å². The smallest absolute Gasteiger partial charge is 0.236 e. The summed E-state index contributed by atoms with van der Waals surface area (Å²) in [6.45, 7) is 0. The second kappa shape index (κ2) is 12.3. The molecule has 0 radical (unpaired) electrons. The highest BCUT2D eigenvalue weighted by molar-refractivity contribution is 6.31. The van der Waals surface area contributed by atoms with E-state index < -0.39 is 35.2 Å². The van der Waals surface area contributed by atoms with Gasteiger partial charge in [-0.25, -0.2) is 0 Å². The molecule has 0 saturated heterocycles. The monoisotopic (exact) mass is 544 g/mol. The maximum Gasteiger partial charge on any atom is 0.236 e. The predicted octanol–water partition coefficient (Wildman–Crippen LogP) is 6.57. The summed E-state index contributed by atoms with van der Waals surface area (Å²) < 4.78 is 0. The number of ketones is 2. The molecule has 4 aromatic rings. The average Bonchev–Trinajstić information content (AvgIpc) is 2.94. The van der Waals surface area contributed by atoms with E-state index in [2.05, 4.69) is 10.6 Å². The van der Waals surface area contributed by atoms with Crippen molar-refractivity contribution in [2.45, 2.75) is 0 Å². The fourth-order valence-electron chi connectivity index (χ4n) is 3.91. The number of amides is 2. The van der Waals surface area contributed by atoms with Crippen molar-refractivity contribution < 1.29 is 19.2 Å². The fourth-order valence-corrected chi connectivity index (χ4v) is 4.17. The summed E-state index contributed by atoms with van der Waals surface area (Å²) >= 11 is 11.9. The zero-order chi connectivity index (χ0) is 27.1. The molecular weight excluding hydrogens is 523 g/mol. The third kappa shape index (κ3) is 6.54. The van der Waals surface area contributed by atoms with Crippen molar-refractivity contribution in [3.63, 3.8) is 0 Å². The van der Waals surface area contributed by atoms with Crippen molar-refractivity contribution in [3.05, 3.63) is 130 Å². The zero-order valence-corrected chi connectivity index (χ0v) is 21.4. The SMILES string of the molecule is O=C(Nc1ccc(Cl)cc1)C(C(=O)c1ccccc1)C(C(=O)Nc1ccc(Cl)cc1)C(=O)c1ccccc1. The van der Waals surface area contributed by atoms with E-state index in [0.29, 0.717) is 21.4 Å². The second-order valence-corrected chi connectivity index (χ2v) is 9.28. The summed E-state index contributed by atoms with van der Waals surface area (Å²) in [5, 5.41) is 6.25. The molecule has 0 heterocycles. The summed E-state index contributed by atoms with van der Waals surface area (Å²) in [6, 6.07) is 28.7. The molecule has 8 heteroatoms. The van der Waals surface area contributed by atoms with Gasteiger partial charge in [-0.1, -0.05) is 83.9 Å². The van der Waals surface area contributed by atoms with E-state index in [-0.39, 0.29) is 11.1 Å². The third-order valence-corrected chi connectivity index (χ3v) is 6.31. The Hall–Kier alpha value is -4.26. The first kappa shape index (κ1) is 26.8. The van der Waals surface area contributed by atoms with E-state index in [1.54, 1.807) is 84.9 Å². The zero-order valence-electron chi connectivity index (χ0n) is 19.9. The Morgan fingerprint density at radius 3 is 1.11 bits per heavy atom. The molecule has 6 nitrogen and oxygen atoms in total. The van der Waals surface area contributed by atoms with E-state index in [1.165, 1.54) is 24.3 Å². The van der Waals surface area contributed by atoms with Crippen LogP contribution in [-0.2, 0) is 9.59 Å². The lowest BCUT2D eigenvalue weighted by atomic mass is 9.79. The molecule has 0 aliphatic heterocycles. The van der Waals surface area contributed by atoms with Crippen LogP contribution in [0.25, 0.3) is 0 Å². The summed E-state index contributed by atoms with van der Waals surface area (Å²) in [6.07, 6.45) is 0. The molecule has 2 unspecified atom stereocenters. The van der Waals surface area contributed by atoms with Gasteiger partial charge in [-0.15, -0.1) is 0 Å². The Morgan fingerprint density at radius 1 is 0.474 bits per heavy atom. The maximum atomic E-state index is 13.8. The van der Waals surface area contributed by atoms with Crippen molar-refractivity contribution in [2.24, 2.45) is 11.8 Å². The lowest BCUT2D eigenvalue weighted by Gasteiger charge is -2.24. The van der Waals surface area contributed by atoms with Crippen molar-refractivity contribution in [1.82, 2.24) is 0 Å². The van der Waals surface area contributed by atoms with Crippen LogP contribution in [0.1, 0.15) is 20.7 Å². The maximum absolute atomic E-state index is 13.8. The molecule has 4 aromatic carbocycles. The van der Waals surface area contributed by atoms with Gasteiger partial charge < -0.3 is 10.6 Å². The van der Waals surface area contributed by atoms with E-state index in [0.717, 1.165) is 0 Å². The summed E-state index contributed by atoms with van der Waals surface area (Å²) in [5.74, 6) is -6.29. The van der Waals surface area contributed by atoms with E-state index >= 15 is 0 Å². The molecule has 4 rings (SSSR count). The molecule has 2 atom stereocenters. The van der Waals surface area contributed by atoms with E-state index in [1.807, 2.05) is 0 Å². The van der Waals surface area contributed by atoms with Gasteiger partial charge in [0.1, 0.15) is 11.8 Å². The Bertz CT molecular complexity index is 1330. The van der Waals surface area contributed by atoms with Gasteiger partial charge in [-0.2, -0.15) is 0 Å². The van der Waals surface area contributed by atoms with Crippen molar-refractivity contribution in [1.29, 1.82) is 0 Å². The van der Waals surface area contributed by atoms with Gasteiger partial charge in [-0.3, -0.25) is 19.2 Å². The summed E-state index contributed by atoms with van der Waals surface area (Å²) in [5.41, 5.74) is 1.09. The van der Waals surface area contributed by atoms with Crippen LogP contribution in [0, 0.1) is 11.8 Å². The van der Waals surface area contributed by atoms with Crippen molar-refractivity contribution in [2.75, 3.05) is 10.6 Å². The number of halogens is 2. The molecule has 0 bridgehead atoms. The number of Topliss-reactive ketones (excluding diaryl/α,β-unsaturated/α-hetero) is 2. The van der Waals surface area contributed by atoms with Gasteiger partial charge in [0.2, 0.25) is 11.8 Å². The molecule has 0 saturated carbocycles. The normalized spacial score (nSPS) is 12.2. The van der Waals surface area contributed by atoms with E-state index in [4.69, 9.17) is 23.2 Å². The van der Waals surface area contributed by atoms with Gasteiger partial charge in [0.15, 0.2) is 11.6 Å². The number of nitrogens with one attached hydrogen (secondary N) is 2. The average molecular weight is 545 g/mol. The highest BCUT2D eigenvalue weighted by Gasteiger charge is 2.44. The second-order valence-electron chi connectivity index (χ2n) is 8.41. The molecule has 2 N–H and O–H groups in total. The summed E-state index contributed by atoms with van der Waals surface area (Å²) in [4.78, 5) is 54.9. The number of hydrogen-bond acceptors (Lipinski definition) is 4. The fraction of sp³-hybridized carbons (Fsp3) is 0.0667. The minimum atomic E-state index is -1.67. The molecule has 0 aromatic heterocycles. The van der Waals surface area contributed by atoms with Crippen molar-refractivity contribution in [3.8, 4) is 0 Å². The molecule has 38 heavy (non-hydrogen) atoms. The van der Waals surface area contributed by atoms with Crippen LogP contribution in [0.2, 0.25) is 10.0 Å². The Morgan fingerprint density at radius 2 is 0.789 bits per heavy atom. The first-order valence-corrected chi connectivity index (χ1v) is 12.4. The van der Waals surface area contributed by atoms with Crippen LogP contribution in [0.15, 0.2) is 109 Å². The van der Waals surface area contributed by atoms with Gasteiger partial charge in [-0.05, 0) is 48.5 Å². The molecule has 2 amide bonds. The minimum Gasteiger partial charge on any atom is -0.325 e. The standard InChI is InChI=1S/C30H22Cl2N2O4/c31-21-11-15-23(16-12-21)33-29(37)25(27(35)19-7-3-1-4-8-19)26(28(36)20-9-5-2-6-10-20)30(38)34-24-17-13-22(32)14-18-24/h1-18,25-26H,(H,33,37)(H,34,38). The van der Waals surface area contributed by atoms with Crippen LogP contribution in [-0.4, -0.2) is 23.4 Å². The Labute approximate surface area is 229 Å². The number of carbonyl (C=O) groups excluding carboxylic acids is 4. The largest absolute Gasteiger partial charge is 0.325 e. The minimum absolute atomic E-state index is 0.189. The Balaban J connectivity index is 1.78. The molecule has 190 valence electrons. The molecular formula is C30H22Cl2N2O4. The first-order chi connectivity index (χ1) is 18.3. The number of benzene rings is 4. The van der Waals surface area contributed by atoms with Crippen LogP contribution < -0.4 is 10.6 Å². The van der Waals surface area contributed by atoms with Crippen LogP contribution >= 0.6 is 23.2 Å². The number of carbonyl (C=O) groups is 4. The lowest BCUT2D eigenvalue weighted by molar-refractivity contribution is -0.126.